The maximum Gasteiger partial charge on any atom is 0.188 e. The Morgan fingerprint density at radius 1 is 1.35 bits per heavy atom. The van der Waals surface area contributed by atoms with Crippen LogP contribution < -0.4 is 11.1 Å². The van der Waals surface area contributed by atoms with Gasteiger partial charge in [-0.25, -0.2) is 13.4 Å². The SMILES string of the molecule is CCNC(N)=NCc1ccc(S(C)(=O)=O)cc1. The van der Waals surface area contributed by atoms with Crippen molar-refractivity contribution in [3.63, 3.8) is 0 Å². The number of aliphatic imine (C=N–C) groups is 1. The minimum atomic E-state index is -3.13. The van der Waals surface area contributed by atoms with Gasteiger partial charge in [-0.1, -0.05) is 12.1 Å². The molecule has 0 unspecified atom stereocenters. The van der Waals surface area contributed by atoms with Gasteiger partial charge in [-0.05, 0) is 24.6 Å². The second kappa shape index (κ2) is 5.67. The molecule has 0 fully saturated rings. The van der Waals surface area contributed by atoms with E-state index in [0.29, 0.717) is 17.4 Å². The number of guanidine groups is 1. The molecule has 94 valence electrons. The monoisotopic (exact) mass is 255 g/mol. The van der Waals surface area contributed by atoms with Crippen molar-refractivity contribution >= 4 is 15.8 Å². The van der Waals surface area contributed by atoms with Crippen molar-refractivity contribution in [3.05, 3.63) is 29.8 Å². The van der Waals surface area contributed by atoms with Crippen molar-refractivity contribution in [2.75, 3.05) is 12.8 Å². The van der Waals surface area contributed by atoms with E-state index in [0.717, 1.165) is 12.1 Å². The molecule has 1 rings (SSSR count). The molecule has 0 spiro atoms. The highest BCUT2D eigenvalue weighted by Crippen LogP contribution is 2.10. The number of benzene rings is 1. The third kappa shape index (κ3) is 4.44. The van der Waals surface area contributed by atoms with Crippen molar-refractivity contribution in [2.45, 2.75) is 18.4 Å². The number of hydrogen-bond acceptors (Lipinski definition) is 3. The summed E-state index contributed by atoms with van der Waals surface area (Å²) in [5, 5.41) is 2.88. The van der Waals surface area contributed by atoms with E-state index in [9.17, 15) is 8.42 Å². The smallest absolute Gasteiger partial charge is 0.188 e. The summed E-state index contributed by atoms with van der Waals surface area (Å²) in [5.41, 5.74) is 6.49. The van der Waals surface area contributed by atoms with Gasteiger partial charge in [0.05, 0.1) is 11.4 Å². The van der Waals surface area contributed by atoms with E-state index >= 15 is 0 Å². The van der Waals surface area contributed by atoms with E-state index in [1.54, 1.807) is 24.3 Å². The van der Waals surface area contributed by atoms with E-state index in [2.05, 4.69) is 10.3 Å². The number of nitrogens with zero attached hydrogens (tertiary/aromatic N) is 1. The first-order valence-electron chi connectivity index (χ1n) is 5.26. The first kappa shape index (κ1) is 13.5. The summed E-state index contributed by atoms with van der Waals surface area (Å²) in [6.07, 6.45) is 1.18. The molecule has 0 aliphatic carbocycles. The van der Waals surface area contributed by atoms with Crippen molar-refractivity contribution < 1.29 is 8.42 Å². The molecular weight excluding hydrogens is 238 g/mol. The number of nitrogens with two attached hydrogens (primary N) is 1. The summed E-state index contributed by atoms with van der Waals surface area (Å²) in [7, 11) is -3.13. The highest BCUT2D eigenvalue weighted by atomic mass is 32.2. The molecule has 1 aromatic rings. The second-order valence-electron chi connectivity index (χ2n) is 3.65. The summed E-state index contributed by atoms with van der Waals surface area (Å²) in [6.45, 7) is 3.09. The Morgan fingerprint density at radius 3 is 2.41 bits per heavy atom. The lowest BCUT2D eigenvalue weighted by Gasteiger charge is -2.03. The van der Waals surface area contributed by atoms with Crippen LogP contribution in [0.3, 0.4) is 0 Å². The summed E-state index contributed by atoms with van der Waals surface area (Å²) >= 11 is 0. The Hall–Kier alpha value is -1.56. The van der Waals surface area contributed by atoms with Gasteiger partial charge < -0.3 is 11.1 Å². The lowest BCUT2D eigenvalue weighted by Crippen LogP contribution is -2.31. The van der Waals surface area contributed by atoms with Crippen LogP contribution in [0.4, 0.5) is 0 Å². The van der Waals surface area contributed by atoms with E-state index in [1.165, 1.54) is 6.26 Å². The molecule has 3 N–H and O–H groups in total. The van der Waals surface area contributed by atoms with Gasteiger partial charge in [-0.3, -0.25) is 0 Å². The van der Waals surface area contributed by atoms with Gasteiger partial charge in [-0.15, -0.1) is 0 Å². The Bertz CT molecular complexity index is 492. The molecule has 1 aromatic carbocycles. The number of sulfone groups is 1. The zero-order valence-electron chi connectivity index (χ0n) is 9.97. The molecular formula is C11H17N3O2S. The molecule has 6 heteroatoms. The Kier molecular flexibility index (Phi) is 4.51. The van der Waals surface area contributed by atoms with E-state index in [4.69, 9.17) is 5.73 Å². The Morgan fingerprint density at radius 2 is 1.94 bits per heavy atom. The van der Waals surface area contributed by atoms with Crippen LogP contribution in [0.2, 0.25) is 0 Å². The van der Waals surface area contributed by atoms with Gasteiger partial charge >= 0.3 is 0 Å². The second-order valence-corrected chi connectivity index (χ2v) is 5.66. The standard InChI is InChI=1S/C11H17N3O2S/c1-3-13-11(12)14-8-9-4-6-10(7-5-9)17(2,15)16/h4-7H,3,8H2,1-2H3,(H3,12,13,14). The zero-order chi connectivity index (χ0) is 12.9. The third-order valence-electron chi connectivity index (χ3n) is 2.14. The normalized spacial score (nSPS) is 12.5. The lowest BCUT2D eigenvalue weighted by atomic mass is 10.2. The molecule has 0 bridgehead atoms. The van der Waals surface area contributed by atoms with Crippen LogP contribution in [0, 0.1) is 0 Å². The predicted molar refractivity (Wildman–Crippen MR) is 68.6 cm³/mol. The highest BCUT2D eigenvalue weighted by Gasteiger charge is 2.05. The molecule has 0 saturated heterocycles. The average Bonchev–Trinajstić information content (AvgIpc) is 2.26. The highest BCUT2D eigenvalue weighted by molar-refractivity contribution is 7.90. The molecule has 0 radical (unpaired) electrons. The van der Waals surface area contributed by atoms with Crippen LogP contribution in [0.1, 0.15) is 12.5 Å². The van der Waals surface area contributed by atoms with Crippen molar-refractivity contribution in [2.24, 2.45) is 10.7 Å². The summed E-state index contributed by atoms with van der Waals surface area (Å²) in [5.74, 6) is 0.389. The van der Waals surface area contributed by atoms with Gasteiger partial charge in [0, 0.05) is 12.8 Å². The topological polar surface area (TPSA) is 84.5 Å². The molecule has 0 saturated carbocycles. The summed E-state index contributed by atoms with van der Waals surface area (Å²) in [6, 6.07) is 6.62. The molecule has 5 nitrogen and oxygen atoms in total. The molecule has 0 amide bonds. The summed E-state index contributed by atoms with van der Waals surface area (Å²) in [4.78, 5) is 4.42. The van der Waals surface area contributed by atoms with Crippen molar-refractivity contribution in [1.82, 2.24) is 5.32 Å². The van der Waals surface area contributed by atoms with E-state index in [1.807, 2.05) is 6.92 Å². The average molecular weight is 255 g/mol. The van der Waals surface area contributed by atoms with Gasteiger partial charge in [0.1, 0.15) is 0 Å². The van der Waals surface area contributed by atoms with E-state index in [-0.39, 0.29) is 0 Å². The molecule has 0 aromatic heterocycles. The minimum absolute atomic E-state index is 0.310. The van der Waals surface area contributed by atoms with Crippen molar-refractivity contribution in [1.29, 1.82) is 0 Å². The molecule has 17 heavy (non-hydrogen) atoms. The maximum atomic E-state index is 11.2. The van der Waals surface area contributed by atoms with E-state index < -0.39 is 9.84 Å². The van der Waals surface area contributed by atoms with Gasteiger partial charge in [0.2, 0.25) is 0 Å². The number of rotatable bonds is 4. The Balaban J connectivity index is 2.73. The molecule has 0 heterocycles. The minimum Gasteiger partial charge on any atom is -0.370 e. The van der Waals surface area contributed by atoms with Gasteiger partial charge in [0.25, 0.3) is 0 Å². The molecule has 0 aliphatic rings. The maximum absolute atomic E-state index is 11.2. The van der Waals surface area contributed by atoms with Crippen molar-refractivity contribution in [3.8, 4) is 0 Å². The predicted octanol–water partition coefficient (Wildman–Crippen LogP) is 0.514. The first-order valence-corrected chi connectivity index (χ1v) is 7.15. The van der Waals surface area contributed by atoms with Gasteiger partial charge in [0.15, 0.2) is 15.8 Å². The fourth-order valence-electron chi connectivity index (χ4n) is 1.26. The van der Waals surface area contributed by atoms with Crippen LogP contribution >= 0.6 is 0 Å². The molecule has 0 atom stereocenters. The number of nitrogens with one attached hydrogen (secondary N) is 1. The molecule has 0 aliphatic heterocycles. The first-order chi connectivity index (χ1) is 7.93. The van der Waals surface area contributed by atoms with Crippen LogP contribution in [0.5, 0.6) is 0 Å². The van der Waals surface area contributed by atoms with Crippen LogP contribution in [-0.4, -0.2) is 27.2 Å². The largest absolute Gasteiger partial charge is 0.370 e. The zero-order valence-corrected chi connectivity index (χ0v) is 10.8. The fraction of sp³-hybridized carbons (Fsp3) is 0.364. The lowest BCUT2D eigenvalue weighted by molar-refractivity contribution is 0.602. The fourth-order valence-corrected chi connectivity index (χ4v) is 1.89. The quantitative estimate of drug-likeness (QED) is 0.606. The van der Waals surface area contributed by atoms with Crippen LogP contribution in [-0.2, 0) is 16.4 Å². The van der Waals surface area contributed by atoms with Crippen LogP contribution in [0.25, 0.3) is 0 Å². The Labute approximate surface area is 102 Å². The summed E-state index contributed by atoms with van der Waals surface area (Å²) < 4.78 is 22.5. The third-order valence-corrected chi connectivity index (χ3v) is 3.27. The van der Waals surface area contributed by atoms with Crippen LogP contribution in [0.15, 0.2) is 34.2 Å². The number of hydrogen-bond donors (Lipinski definition) is 2. The van der Waals surface area contributed by atoms with Gasteiger partial charge in [-0.2, -0.15) is 0 Å².